The molecule has 0 spiro atoms. The number of phenolic OH excluding ortho intramolecular Hbond substituents is 1. The Labute approximate surface area is 189 Å². The maximum atomic E-state index is 11.6. The van der Waals surface area contributed by atoms with Gasteiger partial charge in [-0.05, 0) is 42.0 Å². The van der Waals surface area contributed by atoms with Crippen molar-refractivity contribution in [1.82, 2.24) is 0 Å². The minimum atomic E-state index is -0.542. The first-order valence-electron chi connectivity index (χ1n) is 9.60. The van der Waals surface area contributed by atoms with E-state index in [1.54, 1.807) is 0 Å². The summed E-state index contributed by atoms with van der Waals surface area (Å²) in [5, 5.41) is 8.98. The molecular weight excluding hydrogens is 428 g/mol. The average Bonchev–Trinajstić information content (AvgIpc) is 2.87. The van der Waals surface area contributed by atoms with Crippen LogP contribution in [0.1, 0.15) is 47.0 Å². The molecule has 8 nitrogen and oxygen atoms in total. The van der Waals surface area contributed by atoms with Gasteiger partial charge in [0.25, 0.3) is 0 Å². The third-order valence-electron chi connectivity index (χ3n) is 4.20. The number of hydrogen-bond acceptors (Lipinski definition) is 8. The highest BCUT2D eigenvalue weighted by molar-refractivity contribution is 5.85. The molecule has 3 aromatic carbocycles. The van der Waals surface area contributed by atoms with E-state index in [1.165, 1.54) is 36.4 Å². The van der Waals surface area contributed by atoms with Gasteiger partial charge in [-0.1, -0.05) is 30.3 Å². The molecule has 0 saturated heterocycles. The first kappa shape index (κ1) is 24.7. The Kier molecular flexibility index (Phi) is 9.69. The third-order valence-corrected chi connectivity index (χ3v) is 4.20. The molecule has 8 heteroatoms. The molecule has 0 saturated carbocycles. The van der Waals surface area contributed by atoms with Gasteiger partial charge in [-0.3, -0.25) is 19.2 Å². The van der Waals surface area contributed by atoms with Crippen molar-refractivity contribution in [1.29, 1.82) is 0 Å². The first-order valence-corrected chi connectivity index (χ1v) is 9.60. The molecule has 0 unspecified atom stereocenters. The van der Waals surface area contributed by atoms with Gasteiger partial charge in [-0.15, -0.1) is 0 Å². The lowest BCUT2D eigenvalue weighted by atomic mass is 10.1. The highest BCUT2D eigenvalue weighted by atomic mass is 16.6. The molecule has 0 aliphatic heterocycles. The van der Waals surface area contributed by atoms with E-state index in [0.717, 1.165) is 5.56 Å². The molecule has 3 aromatic rings. The van der Waals surface area contributed by atoms with Crippen molar-refractivity contribution in [2.75, 3.05) is 6.61 Å². The van der Waals surface area contributed by atoms with Crippen LogP contribution in [-0.2, 0) is 16.1 Å². The minimum Gasteiger partial charge on any atom is -0.507 e. The maximum Gasteiger partial charge on any atom is 0.344 e. The van der Waals surface area contributed by atoms with Gasteiger partial charge >= 0.3 is 5.97 Å². The summed E-state index contributed by atoms with van der Waals surface area (Å²) >= 11 is 0. The zero-order valence-corrected chi connectivity index (χ0v) is 17.4. The second kappa shape index (κ2) is 13.0. The van der Waals surface area contributed by atoms with Crippen LogP contribution in [-0.4, -0.2) is 42.8 Å². The number of ether oxygens (including phenoxy) is 2. The number of rotatable bonds is 9. The Hall–Kier alpha value is -4.59. The third kappa shape index (κ3) is 7.87. The van der Waals surface area contributed by atoms with E-state index >= 15 is 0 Å². The Balaban J connectivity index is 0.000000294. The van der Waals surface area contributed by atoms with E-state index in [9.17, 15) is 24.0 Å². The van der Waals surface area contributed by atoms with Crippen molar-refractivity contribution >= 4 is 31.1 Å². The zero-order chi connectivity index (χ0) is 24.1. The summed E-state index contributed by atoms with van der Waals surface area (Å²) in [4.78, 5) is 53.6. The van der Waals surface area contributed by atoms with E-state index in [2.05, 4.69) is 0 Å². The van der Waals surface area contributed by atoms with Crippen LogP contribution < -0.4 is 4.74 Å². The van der Waals surface area contributed by atoms with Crippen molar-refractivity contribution in [3.63, 3.8) is 0 Å². The molecule has 168 valence electrons. The van der Waals surface area contributed by atoms with Crippen LogP contribution in [0.5, 0.6) is 11.5 Å². The molecule has 0 heterocycles. The van der Waals surface area contributed by atoms with Crippen molar-refractivity contribution in [2.24, 2.45) is 0 Å². The molecule has 0 atom stereocenters. The van der Waals surface area contributed by atoms with Gasteiger partial charge in [-0.2, -0.15) is 0 Å². The van der Waals surface area contributed by atoms with Crippen molar-refractivity contribution in [2.45, 2.75) is 6.61 Å². The van der Waals surface area contributed by atoms with Crippen LogP contribution in [0, 0.1) is 0 Å². The summed E-state index contributed by atoms with van der Waals surface area (Å²) in [7, 11) is 0. The fraction of sp³-hybridized carbons (Fsp3) is 0.0800. The lowest BCUT2D eigenvalue weighted by molar-refractivity contribution is -0.147. The predicted octanol–water partition coefficient (Wildman–Crippen LogP) is 3.45. The summed E-state index contributed by atoms with van der Waals surface area (Å²) in [5.74, 6) is -0.414. The molecule has 33 heavy (non-hydrogen) atoms. The zero-order valence-electron chi connectivity index (χ0n) is 17.4. The largest absolute Gasteiger partial charge is 0.507 e. The van der Waals surface area contributed by atoms with Crippen LogP contribution in [0.3, 0.4) is 0 Å². The fourth-order valence-corrected chi connectivity index (χ4v) is 2.52. The van der Waals surface area contributed by atoms with Gasteiger partial charge in [-0.25, -0.2) is 4.79 Å². The van der Waals surface area contributed by atoms with Gasteiger partial charge in [0.15, 0.2) is 19.2 Å². The van der Waals surface area contributed by atoms with Crippen molar-refractivity contribution in [3.05, 3.63) is 94.5 Å². The maximum absolute atomic E-state index is 11.6. The molecule has 0 aliphatic rings. The summed E-state index contributed by atoms with van der Waals surface area (Å²) < 4.78 is 10.3. The molecule has 1 N–H and O–H groups in total. The molecule has 0 fully saturated rings. The molecule has 0 radical (unpaired) electrons. The van der Waals surface area contributed by atoms with Crippen molar-refractivity contribution < 1.29 is 38.6 Å². The summed E-state index contributed by atoms with van der Waals surface area (Å²) in [6, 6.07) is 17.7. The topological polar surface area (TPSA) is 124 Å². The fourth-order valence-electron chi connectivity index (χ4n) is 2.52. The van der Waals surface area contributed by atoms with Crippen LogP contribution in [0.2, 0.25) is 0 Å². The second-order valence-electron chi connectivity index (χ2n) is 6.52. The number of benzene rings is 3. The van der Waals surface area contributed by atoms with Crippen molar-refractivity contribution in [3.8, 4) is 11.5 Å². The number of aldehydes is 4. The van der Waals surface area contributed by atoms with Gasteiger partial charge in [0.1, 0.15) is 30.7 Å². The predicted molar refractivity (Wildman–Crippen MR) is 118 cm³/mol. The monoisotopic (exact) mass is 448 g/mol. The highest BCUT2D eigenvalue weighted by Crippen LogP contribution is 2.18. The van der Waals surface area contributed by atoms with Crippen LogP contribution >= 0.6 is 0 Å². The Morgan fingerprint density at radius 2 is 1.36 bits per heavy atom. The lowest BCUT2D eigenvalue weighted by Gasteiger charge is -2.09. The van der Waals surface area contributed by atoms with E-state index in [0.29, 0.717) is 36.3 Å². The molecule has 0 aliphatic carbocycles. The van der Waals surface area contributed by atoms with E-state index < -0.39 is 5.97 Å². The van der Waals surface area contributed by atoms with Crippen LogP contribution in [0.25, 0.3) is 0 Å². The number of phenols is 1. The van der Waals surface area contributed by atoms with E-state index in [-0.39, 0.29) is 35.8 Å². The quantitative estimate of drug-likeness (QED) is 0.390. The minimum absolute atomic E-state index is 0.106. The van der Waals surface area contributed by atoms with Gasteiger partial charge in [0.05, 0.1) is 11.1 Å². The normalized spacial score (nSPS) is 9.58. The van der Waals surface area contributed by atoms with E-state index in [1.807, 2.05) is 30.3 Å². The number of esters is 1. The Morgan fingerprint density at radius 1 is 0.758 bits per heavy atom. The highest BCUT2D eigenvalue weighted by Gasteiger charge is 2.09. The SMILES string of the molecule is O=Cc1ccc(O)c(C=O)c1.O=Cc1ccc(OCC(=O)OCc2ccccc2)c(C=O)c1. The molecule has 0 bridgehead atoms. The Bertz CT molecular complexity index is 1120. The van der Waals surface area contributed by atoms with E-state index in [4.69, 9.17) is 14.6 Å². The van der Waals surface area contributed by atoms with Gasteiger partial charge in [0, 0.05) is 11.1 Å². The number of carbonyl (C=O) groups is 5. The number of hydrogen-bond donors (Lipinski definition) is 1. The number of aromatic hydroxyl groups is 1. The van der Waals surface area contributed by atoms with Crippen LogP contribution in [0.15, 0.2) is 66.7 Å². The molecular formula is C25H20O8. The molecule has 0 amide bonds. The summed E-state index contributed by atoms with van der Waals surface area (Å²) in [6.45, 7) is -0.151. The first-order chi connectivity index (χ1) is 16.0. The van der Waals surface area contributed by atoms with Gasteiger partial charge in [0.2, 0.25) is 0 Å². The molecule has 0 aromatic heterocycles. The Morgan fingerprint density at radius 3 is 1.97 bits per heavy atom. The van der Waals surface area contributed by atoms with Gasteiger partial charge < -0.3 is 14.6 Å². The average molecular weight is 448 g/mol. The molecule has 3 rings (SSSR count). The smallest absolute Gasteiger partial charge is 0.344 e. The lowest BCUT2D eigenvalue weighted by Crippen LogP contribution is -2.15. The standard InChI is InChI=1S/C17H14O5.C8H6O3/c18-9-14-6-7-16(15(8-14)10-19)21-12-17(20)22-11-13-4-2-1-3-5-13;9-4-6-1-2-8(11)7(3-6)5-10/h1-10H,11-12H2;1-5,11H. The number of carbonyl (C=O) groups excluding carboxylic acids is 5. The second-order valence-corrected chi connectivity index (χ2v) is 6.52. The summed E-state index contributed by atoms with van der Waals surface area (Å²) in [5.41, 5.74) is 1.96. The van der Waals surface area contributed by atoms with Crippen LogP contribution in [0.4, 0.5) is 0 Å². The summed E-state index contributed by atoms with van der Waals surface area (Å²) in [6.07, 6.45) is 2.32.